The van der Waals surface area contributed by atoms with Crippen LogP contribution in [0, 0.1) is 0 Å². The van der Waals surface area contributed by atoms with E-state index >= 15 is 0 Å². The molecule has 8 nitrogen and oxygen atoms in total. The molecule has 0 aliphatic carbocycles. The van der Waals surface area contributed by atoms with Crippen molar-refractivity contribution in [3.63, 3.8) is 0 Å². The number of aliphatic hydroxyl groups excluding tert-OH is 2. The molecule has 2 heterocycles. The van der Waals surface area contributed by atoms with E-state index in [2.05, 4.69) is 4.74 Å². The van der Waals surface area contributed by atoms with Gasteiger partial charge in [-0.3, -0.25) is 0 Å². The Morgan fingerprint density at radius 1 is 0.889 bits per heavy atom. The molecule has 27 heavy (non-hydrogen) atoms. The Morgan fingerprint density at radius 3 is 1.78 bits per heavy atom. The molecule has 0 spiro atoms. The second kappa shape index (κ2) is 13.6. The van der Waals surface area contributed by atoms with Crippen LogP contribution >= 0.6 is 0 Å². The van der Waals surface area contributed by atoms with E-state index in [0.717, 1.165) is 51.6 Å². The average molecular weight is 389 g/mol. The van der Waals surface area contributed by atoms with Crippen LogP contribution < -0.4 is 0 Å². The predicted octanol–water partition coefficient (Wildman–Crippen LogP) is 2.37. The molecule has 2 N–H and O–H groups in total. The molecular formula is C19H36N2O6. The van der Waals surface area contributed by atoms with Gasteiger partial charge in [0, 0.05) is 38.4 Å². The van der Waals surface area contributed by atoms with E-state index in [4.69, 9.17) is 14.9 Å². The number of amides is 2. The third-order valence-electron chi connectivity index (χ3n) is 5.09. The van der Waals surface area contributed by atoms with Gasteiger partial charge in [0.15, 0.2) is 0 Å². The van der Waals surface area contributed by atoms with E-state index < -0.39 is 0 Å². The van der Waals surface area contributed by atoms with Gasteiger partial charge in [0.05, 0.1) is 13.7 Å². The quantitative estimate of drug-likeness (QED) is 0.750. The van der Waals surface area contributed by atoms with Crippen LogP contribution in [0.4, 0.5) is 9.59 Å². The highest BCUT2D eigenvalue weighted by Gasteiger charge is 2.27. The van der Waals surface area contributed by atoms with Crippen molar-refractivity contribution in [3.05, 3.63) is 0 Å². The fourth-order valence-electron chi connectivity index (χ4n) is 3.70. The lowest BCUT2D eigenvalue weighted by molar-refractivity contribution is 0.0690. The summed E-state index contributed by atoms with van der Waals surface area (Å²) in [7, 11) is 1.40. The summed E-state index contributed by atoms with van der Waals surface area (Å²) in [5.41, 5.74) is 0. The average Bonchev–Trinajstić information content (AvgIpc) is 2.69. The number of carbonyl (C=O) groups is 2. The number of piperidine rings is 2. The molecule has 2 aliphatic heterocycles. The monoisotopic (exact) mass is 388 g/mol. The summed E-state index contributed by atoms with van der Waals surface area (Å²) >= 11 is 0. The van der Waals surface area contributed by atoms with Gasteiger partial charge >= 0.3 is 12.2 Å². The van der Waals surface area contributed by atoms with Crippen LogP contribution in [-0.4, -0.2) is 84.3 Å². The number of carbonyl (C=O) groups excluding carboxylic acids is 2. The van der Waals surface area contributed by atoms with Gasteiger partial charge in [-0.2, -0.15) is 0 Å². The number of hydrogen-bond donors (Lipinski definition) is 2. The maximum absolute atomic E-state index is 11.5. The van der Waals surface area contributed by atoms with Gasteiger partial charge in [-0.05, 0) is 58.3 Å². The van der Waals surface area contributed by atoms with Crippen molar-refractivity contribution in [1.82, 2.24) is 9.80 Å². The number of rotatable bonds is 5. The minimum atomic E-state index is -0.266. The van der Waals surface area contributed by atoms with Crippen LogP contribution in [0.1, 0.15) is 58.3 Å². The minimum Gasteiger partial charge on any atom is -0.453 e. The normalized spacial score (nSPS) is 22.5. The first kappa shape index (κ1) is 23.5. The fraction of sp³-hybridized carbons (Fsp3) is 0.895. The molecule has 8 heteroatoms. The van der Waals surface area contributed by atoms with E-state index in [9.17, 15) is 9.59 Å². The predicted molar refractivity (Wildman–Crippen MR) is 102 cm³/mol. The summed E-state index contributed by atoms with van der Waals surface area (Å²) in [6, 6.07) is 0.346. The third kappa shape index (κ3) is 7.92. The van der Waals surface area contributed by atoms with Crippen LogP contribution in [0.5, 0.6) is 0 Å². The van der Waals surface area contributed by atoms with Crippen molar-refractivity contribution in [2.75, 3.05) is 40.0 Å². The lowest BCUT2D eigenvalue weighted by Crippen LogP contribution is -2.44. The van der Waals surface area contributed by atoms with Crippen molar-refractivity contribution in [2.45, 2.75) is 70.4 Å². The SMILES string of the molecule is CCOC(=O)N1CCCCC1CCO.COC(=O)N1CCCCC1CCO. The molecule has 0 aromatic carbocycles. The van der Waals surface area contributed by atoms with Gasteiger partial charge in [-0.15, -0.1) is 0 Å². The molecule has 0 aromatic heterocycles. The summed E-state index contributed by atoms with van der Waals surface area (Å²) in [5, 5.41) is 17.7. The van der Waals surface area contributed by atoms with Crippen LogP contribution in [0.3, 0.4) is 0 Å². The van der Waals surface area contributed by atoms with Gasteiger partial charge in [0.1, 0.15) is 0 Å². The molecule has 0 radical (unpaired) electrons. The number of ether oxygens (including phenoxy) is 2. The van der Waals surface area contributed by atoms with E-state index in [1.165, 1.54) is 7.11 Å². The Bertz CT molecular complexity index is 430. The zero-order valence-electron chi connectivity index (χ0n) is 16.8. The molecule has 2 aliphatic rings. The van der Waals surface area contributed by atoms with Gasteiger partial charge in [-0.25, -0.2) is 9.59 Å². The van der Waals surface area contributed by atoms with Crippen LogP contribution in [0.15, 0.2) is 0 Å². The Labute approximate surface area is 162 Å². The number of likely N-dealkylation sites (tertiary alicyclic amines) is 2. The molecule has 2 saturated heterocycles. The summed E-state index contributed by atoms with van der Waals surface area (Å²) < 4.78 is 9.63. The molecule has 0 bridgehead atoms. The first-order chi connectivity index (χ1) is 13.1. The number of methoxy groups -OCH3 is 1. The van der Waals surface area contributed by atoms with Crippen LogP contribution in [0.2, 0.25) is 0 Å². The summed E-state index contributed by atoms with van der Waals surface area (Å²) in [4.78, 5) is 26.3. The van der Waals surface area contributed by atoms with E-state index in [1.807, 2.05) is 6.92 Å². The molecule has 2 rings (SSSR count). The van der Waals surface area contributed by atoms with Crippen molar-refractivity contribution in [3.8, 4) is 0 Å². The largest absolute Gasteiger partial charge is 0.453 e. The standard InChI is InChI=1S/C10H19NO3.C9H17NO3/c1-2-14-10(13)11-7-4-3-5-9(11)6-8-12;1-13-9(12)10-6-3-2-4-8(10)5-7-11/h9,12H,2-8H2,1H3;8,11H,2-7H2,1H3. The molecule has 2 unspecified atom stereocenters. The second-order valence-electron chi connectivity index (χ2n) is 6.88. The zero-order chi connectivity index (χ0) is 20.1. The van der Waals surface area contributed by atoms with Crippen molar-refractivity contribution in [1.29, 1.82) is 0 Å². The Kier molecular flexibility index (Phi) is 11.8. The lowest BCUT2D eigenvalue weighted by atomic mass is 10.0. The molecule has 0 aromatic rings. The topological polar surface area (TPSA) is 99.5 Å². The highest BCUT2D eigenvalue weighted by Crippen LogP contribution is 2.21. The lowest BCUT2D eigenvalue weighted by Gasteiger charge is -2.34. The smallest absolute Gasteiger partial charge is 0.409 e. The minimum absolute atomic E-state index is 0.137. The molecule has 2 amide bonds. The van der Waals surface area contributed by atoms with Gasteiger partial charge < -0.3 is 29.5 Å². The van der Waals surface area contributed by atoms with E-state index in [-0.39, 0.29) is 37.5 Å². The summed E-state index contributed by atoms with van der Waals surface area (Å²) in [6.07, 6.45) is 7.16. The Balaban J connectivity index is 0.000000271. The number of hydrogen-bond acceptors (Lipinski definition) is 6. The zero-order valence-corrected chi connectivity index (χ0v) is 16.8. The third-order valence-corrected chi connectivity index (χ3v) is 5.09. The maximum atomic E-state index is 11.5. The van der Waals surface area contributed by atoms with Crippen LogP contribution in [0.25, 0.3) is 0 Å². The van der Waals surface area contributed by atoms with Gasteiger partial charge in [0.2, 0.25) is 0 Å². The van der Waals surface area contributed by atoms with E-state index in [1.54, 1.807) is 9.80 Å². The Morgan fingerprint density at radius 2 is 1.37 bits per heavy atom. The number of aliphatic hydroxyl groups is 2. The summed E-state index contributed by atoms with van der Waals surface area (Å²) in [5.74, 6) is 0. The van der Waals surface area contributed by atoms with Crippen LogP contribution in [-0.2, 0) is 9.47 Å². The van der Waals surface area contributed by atoms with Gasteiger partial charge in [-0.1, -0.05) is 0 Å². The highest BCUT2D eigenvalue weighted by molar-refractivity contribution is 5.68. The first-order valence-electron chi connectivity index (χ1n) is 10.1. The second-order valence-corrected chi connectivity index (χ2v) is 6.88. The maximum Gasteiger partial charge on any atom is 0.409 e. The van der Waals surface area contributed by atoms with Crippen molar-refractivity contribution < 1.29 is 29.3 Å². The van der Waals surface area contributed by atoms with Gasteiger partial charge in [0.25, 0.3) is 0 Å². The van der Waals surface area contributed by atoms with E-state index in [0.29, 0.717) is 19.4 Å². The van der Waals surface area contributed by atoms with Crippen molar-refractivity contribution >= 4 is 12.2 Å². The molecule has 2 fully saturated rings. The fourth-order valence-corrected chi connectivity index (χ4v) is 3.70. The molecule has 2 atom stereocenters. The van der Waals surface area contributed by atoms with Crippen molar-refractivity contribution in [2.24, 2.45) is 0 Å². The first-order valence-corrected chi connectivity index (χ1v) is 10.1. The molecule has 158 valence electrons. The Hall–Kier alpha value is -1.54. The summed E-state index contributed by atoms with van der Waals surface area (Å²) in [6.45, 7) is 4.03. The number of nitrogens with zero attached hydrogens (tertiary/aromatic N) is 2. The highest BCUT2D eigenvalue weighted by atomic mass is 16.6. The molecular weight excluding hydrogens is 352 g/mol. The molecule has 0 saturated carbocycles.